The van der Waals surface area contributed by atoms with Gasteiger partial charge in [-0.15, -0.1) is 12.4 Å². The molecule has 0 radical (unpaired) electrons. The fraction of sp³-hybridized carbons (Fsp3) is 0.278. The van der Waals surface area contributed by atoms with Gasteiger partial charge in [-0.25, -0.2) is 4.98 Å². The van der Waals surface area contributed by atoms with Crippen molar-refractivity contribution in [2.45, 2.75) is 18.6 Å². The van der Waals surface area contributed by atoms with E-state index in [9.17, 15) is 13.2 Å². The predicted octanol–water partition coefficient (Wildman–Crippen LogP) is 3.91. The van der Waals surface area contributed by atoms with Crippen molar-refractivity contribution in [3.63, 3.8) is 0 Å². The maximum atomic E-state index is 12.7. The van der Waals surface area contributed by atoms with Crippen molar-refractivity contribution in [1.29, 1.82) is 0 Å². The monoisotopic (exact) mass is 395 g/mol. The second-order valence-corrected chi connectivity index (χ2v) is 6.18. The van der Waals surface area contributed by atoms with Crippen LogP contribution in [0.15, 0.2) is 42.9 Å². The van der Waals surface area contributed by atoms with E-state index in [4.69, 9.17) is 0 Å². The van der Waals surface area contributed by atoms with Crippen molar-refractivity contribution in [2.24, 2.45) is 0 Å². The number of anilines is 1. The molecule has 0 bridgehead atoms. The van der Waals surface area contributed by atoms with E-state index in [2.05, 4.69) is 25.6 Å². The van der Waals surface area contributed by atoms with Crippen LogP contribution in [0, 0.1) is 0 Å². The lowest BCUT2D eigenvalue weighted by Crippen LogP contribution is -2.22. The number of alkyl halides is 3. The van der Waals surface area contributed by atoms with Gasteiger partial charge in [0.2, 0.25) is 0 Å². The molecular weight excluding hydrogens is 379 g/mol. The van der Waals surface area contributed by atoms with E-state index in [1.807, 2.05) is 12.1 Å². The Balaban J connectivity index is 0.00000210. The summed E-state index contributed by atoms with van der Waals surface area (Å²) in [7, 11) is 0. The third-order valence-electron chi connectivity index (χ3n) is 4.41. The van der Waals surface area contributed by atoms with Crippen LogP contribution >= 0.6 is 12.4 Å². The zero-order valence-electron chi connectivity index (χ0n) is 14.1. The maximum absolute atomic E-state index is 12.7. The molecule has 0 unspecified atom stereocenters. The average molecular weight is 396 g/mol. The minimum Gasteiger partial charge on any atom is -0.365 e. The van der Waals surface area contributed by atoms with Crippen LogP contribution in [0.5, 0.6) is 0 Å². The number of halogens is 4. The van der Waals surface area contributed by atoms with Crippen molar-refractivity contribution >= 4 is 29.1 Å². The van der Waals surface area contributed by atoms with Gasteiger partial charge in [-0.1, -0.05) is 0 Å². The number of rotatable bonds is 3. The summed E-state index contributed by atoms with van der Waals surface area (Å²) < 4.78 is 38.2. The van der Waals surface area contributed by atoms with E-state index in [0.717, 1.165) is 43.0 Å². The van der Waals surface area contributed by atoms with Crippen LogP contribution < -0.4 is 10.6 Å². The fourth-order valence-corrected chi connectivity index (χ4v) is 3.07. The highest BCUT2D eigenvalue weighted by Crippen LogP contribution is 2.32. The van der Waals surface area contributed by atoms with Gasteiger partial charge in [0.25, 0.3) is 0 Å². The minimum atomic E-state index is -4.41. The molecule has 142 valence electrons. The molecule has 27 heavy (non-hydrogen) atoms. The summed E-state index contributed by atoms with van der Waals surface area (Å²) in [6, 6.07) is 6.37. The summed E-state index contributed by atoms with van der Waals surface area (Å²) in [5.74, 6) is 0.720. The molecule has 4 heterocycles. The Kier molecular flexibility index (Phi) is 5.48. The fourth-order valence-electron chi connectivity index (χ4n) is 3.07. The van der Waals surface area contributed by atoms with Crippen LogP contribution in [0.1, 0.15) is 12.0 Å². The second kappa shape index (κ2) is 7.66. The Bertz CT molecular complexity index is 924. The first-order valence-electron chi connectivity index (χ1n) is 8.27. The third-order valence-corrected chi connectivity index (χ3v) is 4.41. The number of nitrogens with zero attached hydrogens (tertiary/aromatic N) is 3. The van der Waals surface area contributed by atoms with E-state index in [1.165, 1.54) is 6.07 Å². The smallest absolute Gasteiger partial charge is 0.365 e. The normalized spacial score (nSPS) is 16.9. The molecule has 0 saturated carbocycles. The molecule has 1 saturated heterocycles. The molecule has 0 aliphatic carbocycles. The number of hydrogen-bond donors (Lipinski definition) is 2. The van der Waals surface area contributed by atoms with E-state index in [-0.39, 0.29) is 12.4 Å². The molecule has 1 aliphatic rings. The van der Waals surface area contributed by atoms with Crippen LogP contribution in [0.4, 0.5) is 19.0 Å². The summed E-state index contributed by atoms with van der Waals surface area (Å²) in [6.07, 6.45) is 0.686. The number of nitrogens with one attached hydrogen (secondary N) is 2. The molecule has 0 amide bonds. The van der Waals surface area contributed by atoms with Crippen LogP contribution in [-0.2, 0) is 6.18 Å². The minimum absolute atomic E-state index is 0. The highest BCUT2D eigenvalue weighted by molar-refractivity contribution is 5.98. The zero-order chi connectivity index (χ0) is 18.1. The average Bonchev–Trinajstić information content (AvgIpc) is 3.15. The first-order chi connectivity index (χ1) is 12.5. The molecule has 0 aromatic carbocycles. The highest BCUT2D eigenvalue weighted by atomic mass is 35.5. The number of pyridine rings is 3. The molecular formula is C18H17ClF3N5. The van der Waals surface area contributed by atoms with E-state index in [1.54, 1.807) is 12.4 Å². The van der Waals surface area contributed by atoms with Gasteiger partial charge in [0.15, 0.2) is 0 Å². The van der Waals surface area contributed by atoms with Crippen molar-refractivity contribution in [3.8, 4) is 11.3 Å². The third kappa shape index (κ3) is 3.96. The van der Waals surface area contributed by atoms with Gasteiger partial charge in [0.05, 0.1) is 16.8 Å². The first-order valence-corrected chi connectivity index (χ1v) is 8.27. The lowest BCUT2D eigenvalue weighted by molar-refractivity contribution is -0.137. The summed E-state index contributed by atoms with van der Waals surface area (Å²) >= 11 is 0. The van der Waals surface area contributed by atoms with Crippen LogP contribution in [-0.4, -0.2) is 34.1 Å². The van der Waals surface area contributed by atoms with E-state index in [0.29, 0.717) is 22.8 Å². The second-order valence-electron chi connectivity index (χ2n) is 6.18. The predicted molar refractivity (Wildman–Crippen MR) is 99.9 cm³/mol. The molecule has 2 N–H and O–H groups in total. The van der Waals surface area contributed by atoms with Gasteiger partial charge in [0.1, 0.15) is 5.82 Å². The number of aromatic nitrogens is 3. The topological polar surface area (TPSA) is 62.7 Å². The van der Waals surface area contributed by atoms with Gasteiger partial charge in [-0.3, -0.25) is 9.97 Å². The van der Waals surface area contributed by atoms with Crippen LogP contribution in [0.25, 0.3) is 22.2 Å². The Morgan fingerprint density at radius 2 is 1.93 bits per heavy atom. The number of hydrogen-bond acceptors (Lipinski definition) is 5. The maximum Gasteiger partial charge on any atom is 0.417 e. The lowest BCUT2D eigenvalue weighted by atomic mass is 10.1. The first kappa shape index (κ1) is 19.3. The van der Waals surface area contributed by atoms with Crippen molar-refractivity contribution in [1.82, 2.24) is 20.3 Å². The summed E-state index contributed by atoms with van der Waals surface area (Å²) in [5.41, 5.74) is 0.884. The lowest BCUT2D eigenvalue weighted by Gasteiger charge is -2.15. The Morgan fingerprint density at radius 1 is 1.07 bits per heavy atom. The zero-order valence-corrected chi connectivity index (χ0v) is 14.9. The molecule has 0 spiro atoms. The van der Waals surface area contributed by atoms with Gasteiger partial charge < -0.3 is 10.6 Å². The molecule has 1 atom stereocenters. The summed E-state index contributed by atoms with van der Waals surface area (Å²) in [5, 5.41) is 7.51. The molecule has 5 nitrogen and oxygen atoms in total. The molecule has 4 rings (SSSR count). The molecule has 1 fully saturated rings. The summed E-state index contributed by atoms with van der Waals surface area (Å²) in [4.78, 5) is 12.9. The van der Waals surface area contributed by atoms with Crippen molar-refractivity contribution in [2.75, 3.05) is 18.4 Å². The Labute approximate surface area is 159 Å². The Morgan fingerprint density at radius 3 is 2.59 bits per heavy atom. The largest absolute Gasteiger partial charge is 0.417 e. The summed E-state index contributed by atoms with van der Waals surface area (Å²) in [6.45, 7) is 1.83. The van der Waals surface area contributed by atoms with Gasteiger partial charge in [-0.2, -0.15) is 13.2 Å². The molecule has 3 aromatic rings. The van der Waals surface area contributed by atoms with Crippen LogP contribution in [0.2, 0.25) is 0 Å². The molecule has 9 heteroatoms. The van der Waals surface area contributed by atoms with Crippen LogP contribution in [0.3, 0.4) is 0 Å². The number of fused-ring (bicyclic) bond motifs is 1. The van der Waals surface area contributed by atoms with Crippen molar-refractivity contribution < 1.29 is 13.2 Å². The quantitative estimate of drug-likeness (QED) is 0.704. The standard InChI is InChI=1S/C18H16F3N5.ClH/c19-18(20,21)11-3-4-15(24-8-11)14-10-25-17(26-12-5-7-22-9-12)13-2-1-6-23-16(13)14;/h1-4,6,8,10,12,22H,5,7,9H2,(H,25,26);1H/t12-;/m0./s1. The molecule has 1 aliphatic heterocycles. The van der Waals surface area contributed by atoms with E-state index >= 15 is 0 Å². The van der Waals surface area contributed by atoms with Gasteiger partial charge >= 0.3 is 6.18 Å². The highest BCUT2D eigenvalue weighted by Gasteiger charge is 2.30. The molecule has 3 aromatic heterocycles. The Hall–Kier alpha value is -2.45. The van der Waals surface area contributed by atoms with Crippen molar-refractivity contribution in [3.05, 3.63) is 48.4 Å². The van der Waals surface area contributed by atoms with E-state index < -0.39 is 11.7 Å². The SMILES string of the molecule is Cl.FC(F)(F)c1ccc(-c2cnc(N[C@H]3CCNC3)c3cccnc23)nc1. The van der Waals surface area contributed by atoms with Gasteiger partial charge in [-0.05, 0) is 37.2 Å². The van der Waals surface area contributed by atoms with Gasteiger partial charge in [0, 0.05) is 42.1 Å².